The second-order valence-electron chi connectivity index (χ2n) is 25.1. The van der Waals surface area contributed by atoms with Gasteiger partial charge in [0.2, 0.25) is 0 Å². The first kappa shape index (κ1) is 52.3. The average Bonchev–Trinajstić information content (AvgIpc) is 0.716. The summed E-state index contributed by atoms with van der Waals surface area (Å²) < 4.78 is 0. The third kappa shape index (κ3) is 8.63. The molecule has 0 radical (unpaired) electrons. The van der Waals surface area contributed by atoms with E-state index in [9.17, 15) is 0 Å². The molecule has 0 bridgehead atoms. The Morgan fingerprint density at radius 3 is 1.11 bits per heavy atom. The van der Waals surface area contributed by atoms with E-state index in [0.29, 0.717) is 0 Å². The lowest BCUT2D eigenvalue weighted by Crippen LogP contribution is -2.61. The smallest absolute Gasteiger partial charge is 0.252 e. The van der Waals surface area contributed by atoms with Gasteiger partial charge < -0.3 is 9.80 Å². The van der Waals surface area contributed by atoms with Crippen LogP contribution in [0.15, 0.2) is 315 Å². The van der Waals surface area contributed by atoms with Gasteiger partial charge in [0.05, 0.1) is 11.4 Å². The van der Waals surface area contributed by atoms with Gasteiger partial charge in [-0.2, -0.15) is 0 Å². The van der Waals surface area contributed by atoms with Crippen LogP contribution in [0.25, 0.3) is 110 Å². The predicted octanol–water partition coefficient (Wildman–Crippen LogP) is 21.6. The van der Waals surface area contributed by atoms with Crippen molar-refractivity contribution in [3.63, 3.8) is 0 Å². The number of nitrogens with zero attached hydrogens (tertiary/aromatic N) is 2. The van der Waals surface area contributed by atoms with E-state index in [1.54, 1.807) is 0 Å². The number of rotatable bonds is 9. The molecule has 0 fully saturated rings. The third-order valence-electron chi connectivity index (χ3n) is 19.0. The summed E-state index contributed by atoms with van der Waals surface area (Å²) in [5.41, 5.74) is 28.2. The molecule has 0 unspecified atom stereocenters. The Hall–Kier alpha value is -11.0. The number of benzene rings is 15. The van der Waals surface area contributed by atoms with Crippen molar-refractivity contribution in [2.24, 2.45) is 0 Å². The van der Waals surface area contributed by atoms with Gasteiger partial charge in [-0.3, -0.25) is 0 Å². The van der Waals surface area contributed by atoms with Gasteiger partial charge in [-0.1, -0.05) is 312 Å². The summed E-state index contributed by atoms with van der Waals surface area (Å²) in [7, 11) is 0. The van der Waals surface area contributed by atoms with E-state index in [-0.39, 0.29) is 12.1 Å². The molecule has 15 aromatic carbocycles. The quantitative estimate of drug-likeness (QED) is 0.105. The fourth-order valence-electron chi connectivity index (χ4n) is 14.8. The lowest BCUT2D eigenvalue weighted by molar-refractivity contribution is 0.590. The standard InChI is InChI=1S/C86H61BN2/c1-86(2,3)68-46-40-57(41-47-68)67-54-79-83-80(55-67)89(85-72(60-28-15-7-16-29-60)36-21-37-73(85)61-30-17-8-18-31-61)78-51-45-66(69-48-42-64-39-38-62-32-19-33-63-43-49-74(69)82(64)81(62)63)53-76(78)87(83)75-52-65(56-22-9-4-10-23-56)44-50-77(75)88(79)84-70(58-24-11-5-12-25-58)34-20-35-71(84)59-26-13-6-14-27-59/h4-55H,1-3H3. The van der Waals surface area contributed by atoms with Crippen LogP contribution in [0.1, 0.15) is 26.3 Å². The van der Waals surface area contributed by atoms with E-state index in [1.807, 2.05) is 0 Å². The third-order valence-corrected chi connectivity index (χ3v) is 19.0. The van der Waals surface area contributed by atoms with Crippen LogP contribution in [0, 0.1) is 0 Å². The van der Waals surface area contributed by atoms with Gasteiger partial charge in [-0.25, -0.2) is 0 Å². The number of hydrogen-bond acceptors (Lipinski definition) is 2. The molecule has 0 N–H and O–H groups in total. The molecule has 17 rings (SSSR count). The molecule has 0 aliphatic carbocycles. The number of anilines is 6. The van der Waals surface area contributed by atoms with Crippen molar-refractivity contribution in [3.05, 3.63) is 321 Å². The van der Waals surface area contributed by atoms with Crippen LogP contribution in [0.5, 0.6) is 0 Å². The lowest BCUT2D eigenvalue weighted by atomic mass is 9.33. The molecule has 0 spiro atoms. The summed E-state index contributed by atoms with van der Waals surface area (Å²) >= 11 is 0. The summed E-state index contributed by atoms with van der Waals surface area (Å²) in [6.07, 6.45) is 0. The zero-order valence-electron chi connectivity index (χ0n) is 50.0. The highest BCUT2D eigenvalue weighted by Crippen LogP contribution is 2.54. The van der Waals surface area contributed by atoms with E-state index in [4.69, 9.17) is 0 Å². The largest absolute Gasteiger partial charge is 0.310 e. The Kier molecular flexibility index (Phi) is 12.3. The minimum Gasteiger partial charge on any atom is -0.310 e. The zero-order valence-corrected chi connectivity index (χ0v) is 50.0. The fourth-order valence-corrected chi connectivity index (χ4v) is 14.8. The first-order valence-corrected chi connectivity index (χ1v) is 31.2. The molecular weight excluding hydrogens is 1070 g/mol. The Morgan fingerprint density at radius 1 is 0.258 bits per heavy atom. The van der Waals surface area contributed by atoms with E-state index >= 15 is 0 Å². The molecule has 3 heteroatoms. The normalized spacial score (nSPS) is 12.6. The van der Waals surface area contributed by atoms with Gasteiger partial charge in [-0.15, -0.1) is 0 Å². The molecule has 2 aliphatic rings. The summed E-state index contributed by atoms with van der Waals surface area (Å²) in [6.45, 7) is 6.69. The van der Waals surface area contributed by atoms with Crippen molar-refractivity contribution >= 4 is 89.5 Å². The highest BCUT2D eigenvalue weighted by Gasteiger charge is 2.46. The summed E-state index contributed by atoms with van der Waals surface area (Å²) in [6, 6.07) is 119. The highest BCUT2D eigenvalue weighted by molar-refractivity contribution is 7.00. The molecule has 418 valence electrons. The maximum Gasteiger partial charge on any atom is 0.252 e. The van der Waals surface area contributed by atoms with Crippen LogP contribution in [-0.2, 0) is 5.41 Å². The first-order chi connectivity index (χ1) is 43.8. The van der Waals surface area contributed by atoms with Gasteiger partial charge in [0.15, 0.2) is 0 Å². The minimum absolute atomic E-state index is 0.0202. The molecule has 0 saturated heterocycles. The van der Waals surface area contributed by atoms with Gasteiger partial charge >= 0.3 is 0 Å². The van der Waals surface area contributed by atoms with Gasteiger partial charge in [0.1, 0.15) is 0 Å². The molecule has 15 aromatic rings. The molecule has 0 atom stereocenters. The monoisotopic (exact) mass is 1130 g/mol. The van der Waals surface area contributed by atoms with Gasteiger partial charge in [0, 0.05) is 45.0 Å². The molecular formula is C86H61BN2. The first-order valence-electron chi connectivity index (χ1n) is 31.2. The predicted molar refractivity (Wildman–Crippen MR) is 381 cm³/mol. The molecule has 0 saturated carbocycles. The number of hydrogen-bond donors (Lipinski definition) is 0. The van der Waals surface area contributed by atoms with Crippen LogP contribution < -0.4 is 26.2 Å². The van der Waals surface area contributed by atoms with E-state index in [1.165, 1.54) is 76.5 Å². The molecule has 0 aromatic heterocycles. The van der Waals surface area contributed by atoms with Crippen molar-refractivity contribution in [2.75, 3.05) is 9.80 Å². The number of fused-ring (bicyclic) bond motifs is 4. The second kappa shape index (κ2) is 20.9. The van der Waals surface area contributed by atoms with Crippen LogP contribution >= 0.6 is 0 Å². The van der Waals surface area contributed by atoms with Gasteiger partial charge in [-0.05, 0) is 140 Å². The van der Waals surface area contributed by atoms with E-state index < -0.39 is 0 Å². The lowest BCUT2D eigenvalue weighted by Gasteiger charge is -2.46. The Balaban J connectivity index is 1.04. The number of para-hydroxylation sites is 2. The summed E-state index contributed by atoms with van der Waals surface area (Å²) in [5, 5.41) is 7.68. The van der Waals surface area contributed by atoms with E-state index in [2.05, 4.69) is 346 Å². The van der Waals surface area contributed by atoms with Crippen LogP contribution in [0.2, 0.25) is 0 Å². The average molecular weight is 1130 g/mol. The van der Waals surface area contributed by atoms with Gasteiger partial charge in [0.25, 0.3) is 6.71 Å². The highest BCUT2D eigenvalue weighted by atomic mass is 15.2. The maximum absolute atomic E-state index is 2.67. The summed E-state index contributed by atoms with van der Waals surface area (Å²) in [5.74, 6) is 0. The topological polar surface area (TPSA) is 6.48 Å². The van der Waals surface area contributed by atoms with Crippen LogP contribution in [-0.4, -0.2) is 6.71 Å². The Labute approximate surface area is 521 Å². The van der Waals surface area contributed by atoms with Crippen molar-refractivity contribution in [3.8, 4) is 77.9 Å². The maximum atomic E-state index is 2.67. The SMILES string of the molecule is CC(C)(C)c1ccc(-c2cc3c4c(c2)N(c2c(-c5ccccc5)cccc2-c2ccccc2)c2ccc(-c5ccc6ccc7cccc8ccc5c6c78)cc2B4c2cc(-c4ccccc4)ccc2N3c2c(-c3ccccc3)cccc2-c2ccccc2)cc1. The zero-order chi connectivity index (χ0) is 59.3. The fraction of sp³-hybridized carbons (Fsp3) is 0.0465. The van der Waals surface area contributed by atoms with Crippen LogP contribution in [0.3, 0.4) is 0 Å². The minimum atomic E-state index is -0.216. The van der Waals surface area contributed by atoms with E-state index in [0.717, 1.165) is 89.8 Å². The Bertz CT molecular complexity index is 5060. The molecule has 0 amide bonds. The molecule has 2 heterocycles. The Morgan fingerprint density at radius 2 is 0.640 bits per heavy atom. The van der Waals surface area contributed by atoms with Crippen molar-refractivity contribution < 1.29 is 0 Å². The molecule has 2 aliphatic heterocycles. The van der Waals surface area contributed by atoms with Crippen molar-refractivity contribution in [1.82, 2.24) is 0 Å². The van der Waals surface area contributed by atoms with Crippen LogP contribution in [0.4, 0.5) is 34.1 Å². The van der Waals surface area contributed by atoms with Crippen molar-refractivity contribution in [2.45, 2.75) is 26.2 Å². The molecule has 2 nitrogen and oxygen atoms in total. The summed E-state index contributed by atoms with van der Waals surface area (Å²) in [4.78, 5) is 5.33. The second-order valence-corrected chi connectivity index (χ2v) is 25.1. The molecule has 89 heavy (non-hydrogen) atoms. The van der Waals surface area contributed by atoms with Crippen molar-refractivity contribution in [1.29, 1.82) is 0 Å².